The molecule has 0 aromatic rings. The van der Waals surface area contributed by atoms with Crippen LogP contribution < -0.4 is 0 Å². The molecular formula is C14H27IO. The maximum atomic E-state index is 6.17. The van der Waals surface area contributed by atoms with Gasteiger partial charge in [0.15, 0.2) is 0 Å². The molecule has 1 rings (SSSR count). The van der Waals surface area contributed by atoms with Gasteiger partial charge in [-0.15, -0.1) is 0 Å². The Morgan fingerprint density at radius 2 is 2.06 bits per heavy atom. The molecule has 0 aromatic heterocycles. The van der Waals surface area contributed by atoms with Gasteiger partial charge in [-0.05, 0) is 38.0 Å². The second kappa shape index (κ2) is 7.20. The summed E-state index contributed by atoms with van der Waals surface area (Å²) in [6.45, 7) is 9.13. The summed E-state index contributed by atoms with van der Waals surface area (Å²) in [5, 5.41) is 0. The van der Waals surface area contributed by atoms with Gasteiger partial charge in [0.2, 0.25) is 0 Å². The van der Waals surface area contributed by atoms with E-state index in [1.54, 1.807) is 0 Å². The summed E-state index contributed by atoms with van der Waals surface area (Å²) in [6, 6.07) is 0. The van der Waals surface area contributed by atoms with E-state index in [4.69, 9.17) is 4.74 Å². The zero-order chi connectivity index (χ0) is 12.1. The third-order valence-electron chi connectivity index (χ3n) is 3.50. The first-order chi connectivity index (χ1) is 7.54. The first-order valence-electron chi connectivity index (χ1n) is 6.84. The van der Waals surface area contributed by atoms with E-state index >= 15 is 0 Å². The summed E-state index contributed by atoms with van der Waals surface area (Å²) in [5.74, 6) is 1.54. The zero-order valence-corrected chi connectivity index (χ0v) is 13.4. The Bertz CT molecular complexity index is 191. The number of halogens is 1. The highest BCUT2D eigenvalue weighted by Crippen LogP contribution is 2.36. The van der Waals surface area contributed by atoms with Crippen LogP contribution in [0.15, 0.2) is 0 Å². The van der Waals surface area contributed by atoms with Gasteiger partial charge in [0.25, 0.3) is 0 Å². The van der Waals surface area contributed by atoms with Gasteiger partial charge in [-0.25, -0.2) is 0 Å². The van der Waals surface area contributed by atoms with Gasteiger partial charge in [-0.3, -0.25) is 0 Å². The monoisotopic (exact) mass is 338 g/mol. The molecule has 1 fully saturated rings. The fourth-order valence-electron chi connectivity index (χ4n) is 2.68. The van der Waals surface area contributed by atoms with Crippen LogP contribution in [0.25, 0.3) is 0 Å². The van der Waals surface area contributed by atoms with Gasteiger partial charge in [-0.2, -0.15) is 0 Å². The molecule has 2 heteroatoms. The molecule has 0 amide bonds. The third-order valence-corrected chi connectivity index (χ3v) is 4.93. The van der Waals surface area contributed by atoms with Gasteiger partial charge >= 0.3 is 0 Å². The highest BCUT2D eigenvalue weighted by atomic mass is 127. The molecule has 0 N–H and O–H groups in total. The molecule has 4 atom stereocenters. The molecule has 96 valence electrons. The summed E-state index contributed by atoms with van der Waals surface area (Å²) in [5.41, 5.74) is 0. The molecule has 0 aliphatic carbocycles. The van der Waals surface area contributed by atoms with Crippen LogP contribution in [0.3, 0.4) is 0 Å². The molecule has 0 saturated carbocycles. The van der Waals surface area contributed by atoms with E-state index in [2.05, 4.69) is 50.3 Å². The van der Waals surface area contributed by atoms with Crippen molar-refractivity contribution in [3.05, 3.63) is 0 Å². The maximum Gasteiger partial charge on any atom is 0.0619 e. The third kappa shape index (κ3) is 4.52. The number of ether oxygens (including phenoxy) is 1. The number of rotatable bonds is 5. The molecule has 1 heterocycles. The van der Waals surface area contributed by atoms with Crippen molar-refractivity contribution in [2.45, 2.75) is 75.9 Å². The van der Waals surface area contributed by atoms with E-state index in [-0.39, 0.29) is 0 Å². The van der Waals surface area contributed by atoms with Crippen LogP contribution in [0.2, 0.25) is 0 Å². The van der Waals surface area contributed by atoms with Crippen molar-refractivity contribution < 1.29 is 4.74 Å². The lowest BCUT2D eigenvalue weighted by atomic mass is 9.84. The average Bonchev–Trinajstić information content (AvgIpc) is 2.15. The Morgan fingerprint density at radius 1 is 1.38 bits per heavy atom. The van der Waals surface area contributed by atoms with Crippen molar-refractivity contribution in [1.82, 2.24) is 0 Å². The lowest BCUT2D eigenvalue weighted by Gasteiger charge is -2.40. The first kappa shape index (κ1) is 14.7. The van der Waals surface area contributed by atoms with Crippen LogP contribution in [0, 0.1) is 11.8 Å². The van der Waals surface area contributed by atoms with E-state index < -0.39 is 0 Å². The predicted octanol–water partition coefficient (Wildman–Crippen LogP) is 4.82. The van der Waals surface area contributed by atoms with Crippen molar-refractivity contribution >= 4 is 22.6 Å². The van der Waals surface area contributed by atoms with Crippen molar-refractivity contribution in [2.75, 3.05) is 0 Å². The number of unbranched alkanes of at least 4 members (excludes halogenated alkanes) is 1. The molecule has 0 radical (unpaired) electrons. The summed E-state index contributed by atoms with van der Waals surface area (Å²) in [6.07, 6.45) is 7.47. The Kier molecular flexibility index (Phi) is 6.63. The van der Waals surface area contributed by atoms with E-state index in [1.807, 2.05) is 0 Å². The first-order valence-corrected chi connectivity index (χ1v) is 8.08. The molecule has 1 saturated heterocycles. The van der Waals surface area contributed by atoms with Gasteiger partial charge in [0.05, 0.1) is 12.2 Å². The second-order valence-electron chi connectivity index (χ2n) is 5.67. The standard InChI is InChI=1S/C14H27IO/c1-5-6-7-12-13(15)9-11(4)16-14(12)8-10(2)3/h10-14H,5-9H2,1-4H3/t11-,12-,13+,14+/m1/s1. The molecule has 1 aliphatic rings. The highest BCUT2D eigenvalue weighted by Gasteiger charge is 2.35. The lowest BCUT2D eigenvalue weighted by Crippen LogP contribution is -2.41. The zero-order valence-electron chi connectivity index (χ0n) is 11.2. The largest absolute Gasteiger partial charge is 0.375 e. The quantitative estimate of drug-likeness (QED) is 0.516. The van der Waals surface area contributed by atoms with Crippen LogP contribution >= 0.6 is 22.6 Å². The summed E-state index contributed by atoms with van der Waals surface area (Å²) >= 11 is 2.66. The van der Waals surface area contributed by atoms with Crippen LogP contribution in [0.1, 0.15) is 59.8 Å². The van der Waals surface area contributed by atoms with E-state index in [0.717, 1.165) is 15.8 Å². The van der Waals surface area contributed by atoms with Crippen molar-refractivity contribution in [1.29, 1.82) is 0 Å². The van der Waals surface area contributed by atoms with Gasteiger partial charge in [0, 0.05) is 3.92 Å². The van der Waals surface area contributed by atoms with Crippen molar-refractivity contribution in [3.63, 3.8) is 0 Å². The van der Waals surface area contributed by atoms with Crippen LogP contribution in [-0.2, 0) is 4.74 Å². The highest BCUT2D eigenvalue weighted by molar-refractivity contribution is 14.1. The average molecular weight is 338 g/mol. The second-order valence-corrected chi connectivity index (χ2v) is 7.27. The summed E-state index contributed by atoms with van der Waals surface area (Å²) < 4.78 is 6.99. The topological polar surface area (TPSA) is 9.23 Å². The van der Waals surface area contributed by atoms with Crippen LogP contribution in [-0.4, -0.2) is 16.1 Å². The minimum atomic E-state index is 0.462. The molecule has 16 heavy (non-hydrogen) atoms. The van der Waals surface area contributed by atoms with Crippen LogP contribution in [0.4, 0.5) is 0 Å². The molecule has 0 aromatic carbocycles. The number of alkyl halides is 1. The smallest absolute Gasteiger partial charge is 0.0619 e. The van der Waals surface area contributed by atoms with Gasteiger partial charge in [0.1, 0.15) is 0 Å². The summed E-state index contributed by atoms with van der Waals surface area (Å²) in [7, 11) is 0. The van der Waals surface area contributed by atoms with Crippen molar-refractivity contribution in [2.24, 2.45) is 11.8 Å². The fraction of sp³-hybridized carbons (Fsp3) is 1.00. The molecule has 0 unspecified atom stereocenters. The maximum absolute atomic E-state index is 6.17. The Hall–Kier alpha value is 0.690. The Labute approximate surface area is 115 Å². The minimum Gasteiger partial charge on any atom is -0.375 e. The number of hydrogen-bond acceptors (Lipinski definition) is 1. The normalized spacial score (nSPS) is 35.6. The van der Waals surface area contributed by atoms with E-state index in [1.165, 1.54) is 32.1 Å². The molecular weight excluding hydrogens is 311 g/mol. The van der Waals surface area contributed by atoms with Crippen LogP contribution in [0.5, 0.6) is 0 Å². The minimum absolute atomic E-state index is 0.462. The molecule has 1 aliphatic heterocycles. The predicted molar refractivity (Wildman–Crippen MR) is 79.2 cm³/mol. The number of hydrogen-bond donors (Lipinski definition) is 0. The molecule has 0 bridgehead atoms. The Morgan fingerprint density at radius 3 is 2.62 bits per heavy atom. The summed E-state index contributed by atoms with van der Waals surface area (Å²) in [4.78, 5) is 0. The van der Waals surface area contributed by atoms with E-state index in [0.29, 0.717) is 12.2 Å². The lowest BCUT2D eigenvalue weighted by molar-refractivity contribution is -0.0795. The van der Waals surface area contributed by atoms with E-state index in [9.17, 15) is 0 Å². The fourth-order valence-corrected chi connectivity index (χ4v) is 4.22. The van der Waals surface area contributed by atoms with Gasteiger partial charge in [-0.1, -0.05) is 56.2 Å². The van der Waals surface area contributed by atoms with Gasteiger partial charge < -0.3 is 4.74 Å². The molecule has 0 spiro atoms. The SMILES string of the molecule is CCCC[C@H]1[C@H](CC(C)C)O[C@H](C)C[C@@H]1I. The molecule has 1 nitrogen and oxygen atoms in total. The van der Waals surface area contributed by atoms with Crippen molar-refractivity contribution in [3.8, 4) is 0 Å². The Balaban J connectivity index is 2.57.